The third kappa shape index (κ3) is 4.59. The van der Waals surface area contributed by atoms with E-state index in [9.17, 15) is 9.18 Å². The van der Waals surface area contributed by atoms with Crippen LogP contribution in [0.3, 0.4) is 0 Å². The molecule has 0 spiro atoms. The molecule has 0 bridgehead atoms. The van der Waals surface area contributed by atoms with E-state index in [1.165, 1.54) is 18.2 Å². The first-order valence-corrected chi connectivity index (χ1v) is 6.50. The normalized spacial score (nSPS) is 12.2. The van der Waals surface area contributed by atoms with Crippen LogP contribution in [0.5, 0.6) is 0 Å². The molecule has 0 aliphatic heterocycles. The first kappa shape index (κ1) is 14.4. The van der Waals surface area contributed by atoms with E-state index < -0.39 is 0 Å². The molecule has 0 fully saturated rings. The van der Waals surface area contributed by atoms with E-state index in [4.69, 9.17) is 0 Å². The maximum absolute atomic E-state index is 12.9. The molecule has 94 valence electrons. The van der Waals surface area contributed by atoms with E-state index >= 15 is 0 Å². The highest BCUT2D eigenvalue weighted by molar-refractivity contribution is 14.1. The van der Waals surface area contributed by atoms with Gasteiger partial charge in [-0.2, -0.15) is 0 Å². The third-order valence-electron chi connectivity index (χ3n) is 2.34. The SMILES string of the molecule is CNCC(C)CNC(=O)c1ccc(F)cc1I. The summed E-state index contributed by atoms with van der Waals surface area (Å²) in [5.74, 6) is -0.117. The van der Waals surface area contributed by atoms with Gasteiger partial charge < -0.3 is 10.6 Å². The van der Waals surface area contributed by atoms with Crippen LogP contribution in [0.4, 0.5) is 4.39 Å². The first-order valence-electron chi connectivity index (χ1n) is 5.42. The average Bonchev–Trinajstić information content (AvgIpc) is 2.26. The van der Waals surface area contributed by atoms with Crippen molar-refractivity contribution >= 4 is 28.5 Å². The third-order valence-corrected chi connectivity index (χ3v) is 3.23. The van der Waals surface area contributed by atoms with Gasteiger partial charge in [0.1, 0.15) is 5.82 Å². The summed E-state index contributed by atoms with van der Waals surface area (Å²) in [5.41, 5.74) is 0.517. The predicted octanol–water partition coefficient (Wildman–Crippen LogP) is 2.02. The lowest BCUT2D eigenvalue weighted by Gasteiger charge is -2.12. The summed E-state index contributed by atoms with van der Waals surface area (Å²) in [6, 6.07) is 4.16. The van der Waals surface area contributed by atoms with Gasteiger partial charge in [-0.15, -0.1) is 0 Å². The first-order chi connectivity index (χ1) is 8.04. The van der Waals surface area contributed by atoms with Crippen LogP contribution in [0.15, 0.2) is 18.2 Å². The molecule has 0 radical (unpaired) electrons. The molecule has 0 saturated heterocycles. The molecule has 1 aromatic rings. The molecule has 1 rings (SSSR count). The number of nitrogens with one attached hydrogen (secondary N) is 2. The molecule has 3 nitrogen and oxygen atoms in total. The smallest absolute Gasteiger partial charge is 0.252 e. The quantitative estimate of drug-likeness (QED) is 0.798. The maximum atomic E-state index is 12.9. The molecule has 0 aliphatic carbocycles. The fraction of sp³-hybridized carbons (Fsp3) is 0.417. The molecule has 1 aromatic carbocycles. The Morgan fingerprint density at radius 2 is 2.18 bits per heavy atom. The molecule has 1 unspecified atom stereocenters. The minimum Gasteiger partial charge on any atom is -0.352 e. The van der Waals surface area contributed by atoms with E-state index in [-0.39, 0.29) is 11.7 Å². The molecule has 0 heterocycles. The highest BCUT2D eigenvalue weighted by Crippen LogP contribution is 2.13. The predicted molar refractivity (Wildman–Crippen MR) is 74.5 cm³/mol. The van der Waals surface area contributed by atoms with Gasteiger partial charge in [-0.05, 0) is 60.3 Å². The zero-order valence-corrected chi connectivity index (χ0v) is 12.0. The minimum absolute atomic E-state index is 0.155. The van der Waals surface area contributed by atoms with Crippen molar-refractivity contribution in [3.8, 4) is 0 Å². The summed E-state index contributed by atoms with van der Waals surface area (Å²) in [4.78, 5) is 11.8. The van der Waals surface area contributed by atoms with Gasteiger partial charge in [-0.3, -0.25) is 4.79 Å². The average molecular weight is 350 g/mol. The van der Waals surface area contributed by atoms with Crippen LogP contribution >= 0.6 is 22.6 Å². The van der Waals surface area contributed by atoms with Crippen molar-refractivity contribution in [2.45, 2.75) is 6.92 Å². The zero-order chi connectivity index (χ0) is 12.8. The van der Waals surface area contributed by atoms with E-state index in [1.807, 2.05) is 36.6 Å². The summed E-state index contributed by atoms with van der Waals surface area (Å²) in [5, 5.41) is 5.89. The van der Waals surface area contributed by atoms with Crippen molar-refractivity contribution in [1.82, 2.24) is 10.6 Å². The fourth-order valence-corrected chi connectivity index (χ4v) is 2.18. The molecule has 1 amide bonds. The maximum Gasteiger partial charge on any atom is 0.252 e. The summed E-state index contributed by atoms with van der Waals surface area (Å²) in [6.07, 6.45) is 0. The van der Waals surface area contributed by atoms with Gasteiger partial charge in [0.05, 0.1) is 5.56 Å². The number of hydrogen-bond donors (Lipinski definition) is 2. The number of halogens is 2. The van der Waals surface area contributed by atoms with Crippen molar-refractivity contribution in [2.24, 2.45) is 5.92 Å². The van der Waals surface area contributed by atoms with Crippen molar-refractivity contribution in [1.29, 1.82) is 0 Å². The Bertz CT molecular complexity index is 398. The van der Waals surface area contributed by atoms with Gasteiger partial charge in [-0.1, -0.05) is 6.92 Å². The molecule has 0 aliphatic rings. The van der Waals surface area contributed by atoms with Gasteiger partial charge in [0.2, 0.25) is 0 Å². The second-order valence-electron chi connectivity index (χ2n) is 4.00. The van der Waals surface area contributed by atoms with Gasteiger partial charge in [0.25, 0.3) is 5.91 Å². The second kappa shape index (κ2) is 6.90. The lowest BCUT2D eigenvalue weighted by Crippen LogP contribution is -2.32. The van der Waals surface area contributed by atoms with Crippen LogP contribution in [-0.2, 0) is 0 Å². The van der Waals surface area contributed by atoms with Gasteiger partial charge >= 0.3 is 0 Å². The number of hydrogen-bond acceptors (Lipinski definition) is 2. The minimum atomic E-state index is -0.325. The topological polar surface area (TPSA) is 41.1 Å². The highest BCUT2D eigenvalue weighted by atomic mass is 127. The molecule has 0 aromatic heterocycles. The molecule has 5 heteroatoms. The lowest BCUT2D eigenvalue weighted by atomic mass is 10.1. The molecule has 0 saturated carbocycles. The Hall–Kier alpha value is -0.690. The van der Waals surface area contributed by atoms with Crippen LogP contribution in [-0.4, -0.2) is 26.0 Å². The van der Waals surface area contributed by atoms with Gasteiger partial charge in [-0.25, -0.2) is 4.39 Å². The van der Waals surface area contributed by atoms with E-state index in [0.29, 0.717) is 21.6 Å². The highest BCUT2D eigenvalue weighted by Gasteiger charge is 2.11. The number of benzene rings is 1. The largest absolute Gasteiger partial charge is 0.352 e. The van der Waals surface area contributed by atoms with Crippen LogP contribution in [0.1, 0.15) is 17.3 Å². The lowest BCUT2D eigenvalue weighted by molar-refractivity contribution is 0.0947. The van der Waals surface area contributed by atoms with Gasteiger partial charge in [0.15, 0.2) is 0 Å². The van der Waals surface area contributed by atoms with Crippen molar-refractivity contribution < 1.29 is 9.18 Å². The summed E-state index contributed by atoms with van der Waals surface area (Å²) >= 11 is 1.96. The molecular weight excluding hydrogens is 334 g/mol. The zero-order valence-electron chi connectivity index (χ0n) is 9.89. The van der Waals surface area contributed by atoms with E-state index in [1.54, 1.807) is 0 Å². The molecular formula is C12H16FIN2O. The molecule has 2 N–H and O–H groups in total. The molecule has 17 heavy (non-hydrogen) atoms. The Morgan fingerprint density at radius 1 is 1.47 bits per heavy atom. The Kier molecular flexibility index (Phi) is 5.84. The van der Waals surface area contributed by atoms with Crippen LogP contribution in [0.2, 0.25) is 0 Å². The summed E-state index contributed by atoms with van der Waals surface area (Å²) in [6.45, 7) is 3.50. The monoisotopic (exact) mass is 350 g/mol. The summed E-state index contributed by atoms with van der Waals surface area (Å²) < 4.78 is 13.5. The Morgan fingerprint density at radius 3 is 2.76 bits per heavy atom. The molecule has 1 atom stereocenters. The summed E-state index contributed by atoms with van der Waals surface area (Å²) in [7, 11) is 1.88. The standard InChI is InChI=1S/C12H16FIN2O/c1-8(6-15-2)7-16-12(17)10-4-3-9(13)5-11(10)14/h3-5,8,15H,6-7H2,1-2H3,(H,16,17). The van der Waals surface area contributed by atoms with E-state index in [0.717, 1.165) is 6.54 Å². The Labute approximate surface area is 114 Å². The number of amides is 1. The van der Waals surface area contributed by atoms with Crippen molar-refractivity contribution in [2.75, 3.05) is 20.1 Å². The van der Waals surface area contributed by atoms with Crippen LogP contribution in [0.25, 0.3) is 0 Å². The van der Waals surface area contributed by atoms with Crippen LogP contribution < -0.4 is 10.6 Å². The second-order valence-corrected chi connectivity index (χ2v) is 5.16. The van der Waals surface area contributed by atoms with Crippen molar-refractivity contribution in [3.63, 3.8) is 0 Å². The number of carbonyl (C=O) groups is 1. The fourth-order valence-electron chi connectivity index (χ4n) is 1.46. The van der Waals surface area contributed by atoms with E-state index in [2.05, 4.69) is 10.6 Å². The van der Waals surface area contributed by atoms with Gasteiger partial charge in [0, 0.05) is 10.1 Å². The number of rotatable bonds is 5. The number of carbonyl (C=O) groups excluding carboxylic acids is 1. The van der Waals surface area contributed by atoms with Crippen molar-refractivity contribution in [3.05, 3.63) is 33.1 Å². The Balaban J connectivity index is 2.58. The van der Waals surface area contributed by atoms with Crippen LogP contribution in [0, 0.1) is 15.3 Å².